The molecule has 9 nitrogen and oxygen atoms in total. The second-order valence-electron chi connectivity index (χ2n) is 5.90. The molecule has 1 unspecified atom stereocenters. The number of nitrogens with two attached hydrogens (primary N) is 1. The standard InChI is InChI=1S/C18H18N4O5/c1-10-14(17(20)23)16(12-5-3-6-13(9-12)22(25)26)15(11(2)21-10)18(24)27-8-4-7-19/h3,5-6,9,16,21H,4,8H2,1-2H3,(H2,20,23). The molecule has 0 aromatic heterocycles. The number of ether oxygens (including phenoxy) is 1. The maximum Gasteiger partial charge on any atom is 0.336 e. The molecule has 1 heterocycles. The fourth-order valence-corrected chi connectivity index (χ4v) is 3.01. The Balaban J connectivity index is 2.59. The van der Waals surface area contributed by atoms with Crippen LogP contribution in [0.3, 0.4) is 0 Å². The van der Waals surface area contributed by atoms with Crippen molar-refractivity contribution in [1.82, 2.24) is 5.32 Å². The Morgan fingerprint density at radius 3 is 2.59 bits per heavy atom. The lowest BCUT2D eigenvalue weighted by Crippen LogP contribution is -2.34. The number of rotatable bonds is 6. The van der Waals surface area contributed by atoms with E-state index >= 15 is 0 Å². The van der Waals surface area contributed by atoms with Crippen LogP contribution in [0.5, 0.6) is 0 Å². The minimum absolute atomic E-state index is 0.0184. The molecule has 0 aliphatic carbocycles. The molecule has 0 radical (unpaired) electrons. The number of nitriles is 1. The summed E-state index contributed by atoms with van der Waals surface area (Å²) in [5.74, 6) is -2.40. The summed E-state index contributed by atoms with van der Waals surface area (Å²) in [6.45, 7) is 3.15. The van der Waals surface area contributed by atoms with Gasteiger partial charge < -0.3 is 15.8 Å². The SMILES string of the molecule is CC1=C(C(N)=O)C(c2cccc([N+](=O)[O-])c2)C(C(=O)OCCC#N)=C(C)N1. The van der Waals surface area contributed by atoms with Crippen LogP contribution in [0.1, 0.15) is 31.7 Å². The van der Waals surface area contributed by atoms with Crippen LogP contribution in [-0.2, 0) is 14.3 Å². The first kappa shape index (κ1) is 19.7. The second-order valence-corrected chi connectivity index (χ2v) is 5.90. The monoisotopic (exact) mass is 370 g/mol. The van der Waals surface area contributed by atoms with E-state index in [1.807, 2.05) is 6.07 Å². The lowest BCUT2D eigenvalue weighted by atomic mass is 9.80. The third-order valence-electron chi connectivity index (χ3n) is 4.11. The number of benzene rings is 1. The highest BCUT2D eigenvalue weighted by molar-refractivity contribution is 6.01. The first-order valence-corrected chi connectivity index (χ1v) is 8.04. The highest BCUT2D eigenvalue weighted by atomic mass is 16.6. The van der Waals surface area contributed by atoms with Crippen molar-refractivity contribution in [3.8, 4) is 6.07 Å². The number of amides is 1. The third kappa shape index (κ3) is 4.12. The predicted octanol–water partition coefficient (Wildman–Crippen LogP) is 1.77. The molecule has 2 rings (SSSR count). The molecule has 0 fully saturated rings. The van der Waals surface area contributed by atoms with Crippen LogP contribution in [0.4, 0.5) is 5.69 Å². The molecule has 0 saturated carbocycles. The predicted molar refractivity (Wildman–Crippen MR) is 94.8 cm³/mol. The Morgan fingerprint density at radius 2 is 2.00 bits per heavy atom. The number of non-ortho nitro benzene ring substituents is 1. The number of carbonyl (C=O) groups is 2. The van der Waals surface area contributed by atoms with E-state index in [-0.39, 0.29) is 29.9 Å². The number of esters is 1. The summed E-state index contributed by atoms with van der Waals surface area (Å²) >= 11 is 0. The summed E-state index contributed by atoms with van der Waals surface area (Å²) in [4.78, 5) is 35.3. The van der Waals surface area contributed by atoms with Crippen LogP contribution in [-0.4, -0.2) is 23.4 Å². The van der Waals surface area contributed by atoms with Gasteiger partial charge in [0.25, 0.3) is 5.69 Å². The normalized spacial score (nSPS) is 16.4. The molecule has 3 N–H and O–H groups in total. The average Bonchev–Trinajstić information content (AvgIpc) is 2.60. The van der Waals surface area contributed by atoms with Gasteiger partial charge in [0.15, 0.2) is 0 Å². The Kier molecular flexibility index (Phi) is 5.92. The summed E-state index contributed by atoms with van der Waals surface area (Å²) in [6.07, 6.45) is 0.0184. The molecule has 1 amide bonds. The summed E-state index contributed by atoms with van der Waals surface area (Å²) < 4.78 is 5.12. The second kappa shape index (κ2) is 8.14. The van der Waals surface area contributed by atoms with E-state index < -0.39 is 22.7 Å². The van der Waals surface area contributed by atoms with Crippen molar-refractivity contribution in [2.75, 3.05) is 6.61 Å². The van der Waals surface area contributed by atoms with Gasteiger partial charge in [-0.25, -0.2) is 4.79 Å². The molecule has 9 heteroatoms. The molecule has 140 valence electrons. The van der Waals surface area contributed by atoms with E-state index in [1.54, 1.807) is 19.9 Å². The highest BCUT2D eigenvalue weighted by Crippen LogP contribution is 2.39. The Labute approximate surface area is 155 Å². The van der Waals surface area contributed by atoms with Gasteiger partial charge in [-0.3, -0.25) is 14.9 Å². The van der Waals surface area contributed by atoms with Crippen LogP contribution < -0.4 is 11.1 Å². The van der Waals surface area contributed by atoms with Gasteiger partial charge in [-0.1, -0.05) is 12.1 Å². The number of nitrogens with one attached hydrogen (secondary N) is 1. The summed E-state index contributed by atoms with van der Waals surface area (Å²) in [7, 11) is 0. The van der Waals surface area contributed by atoms with Crippen LogP contribution in [0, 0.1) is 21.4 Å². The van der Waals surface area contributed by atoms with Gasteiger partial charge in [-0.05, 0) is 19.4 Å². The zero-order chi connectivity index (χ0) is 20.1. The maximum atomic E-state index is 12.6. The Morgan fingerprint density at radius 1 is 1.33 bits per heavy atom. The Hall–Kier alpha value is -3.67. The smallest absolute Gasteiger partial charge is 0.336 e. The van der Waals surface area contributed by atoms with Gasteiger partial charge >= 0.3 is 5.97 Å². The fraction of sp³-hybridized carbons (Fsp3) is 0.278. The quantitative estimate of drug-likeness (QED) is 0.335. The molecule has 0 spiro atoms. The maximum absolute atomic E-state index is 12.6. The van der Waals surface area contributed by atoms with E-state index in [9.17, 15) is 19.7 Å². The lowest BCUT2D eigenvalue weighted by molar-refractivity contribution is -0.384. The van der Waals surface area contributed by atoms with Gasteiger partial charge in [0.05, 0.1) is 28.9 Å². The van der Waals surface area contributed by atoms with Crippen molar-refractivity contribution in [1.29, 1.82) is 5.26 Å². The van der Waals surface area contributed by atoms with Gasteiger partial charge in [0, 0.05) is 29.1 Å². The number of hydrogen-bond acceptors (Lipinski definition) is 7. The van der Waals surface area contributed by atoms with E-state index in [4.69, 9.17) is 15.7 Å². The Bertz CT molecular complexity index is 911. The van der Waals surface area contributed by atoms with Crippen molar-refractivity contribution in [2.45, 2.75) is 26.2 Å². The van der Waals surface area contributed by atoms with E-state index in [1.165, 1.54) is 18.2 Å². The van der Waals surface area contributed by atoms with Gasteiger partial charge in [-0.15, -0.1) is 0 Å². The van der Waals surface area contributed by atoms with Crippen LogP contribution in [0.15, 0.2) is 46.8 Å². The molecule has 1 aliphatic heterocycles. The first-order chi connectivity index (χ1) is 12.8. The van der Waals surface area contributed by atoms with Crippen molar-refractivity contribution in [3.05, 3.63) is 62.5 Å². The zero-order valence-corrected chi connectivity index (χ0v) is 14.8. The number of nitro benzene ring substituents is 1. The van der Waals surface area contributed by atoms with Crippen LogP contribution >= 0.6 is 0 Å². The number of allylic oxidation sites excluding steroid dienone is 2. The summed E-state index contributed by atoms with van der Waals surface area (Å²) in [5, 5.41) is 22.7. The fourth-order valence-electron chi connectivity index (χ4n) is 3.01. The minimum atomic E-state index is -0.918. The largest absolute Gasteiger partial charge is 0.461 e. The van der Waals surface area contributed by atoms with Crippen molar-refractivity contribution in [2.24, 2.45) is 5.73 Å². The lowest BCUT2D eigenvalue weighted by Gasteiger charge is -2.30. The van der Waals surface area contributed by atoms with Crippen LogP contribution in [0.2, 0.25) is 0 Å². The van der Waals surface area contributed by atoms with Gasteiger partial charge in [0.1, 0.15) is 6.61 Å². The van der Waals surface area contributed by atoms with E-state index in [0.717, 1.165) is 0 Å². The summed E-state index contributed by atoms with van der Waals surface area (Å²) in [5.41, 5.74) is 6.84. The van der Waals surface area contributed by atoms with Crippen LogP contribution in [0.25, 0.3) is 0 Å². The van der Waals surface area contributed by atoms with Crippen molar-refractivity contribution < 1.29 is 19.2 Å². The minimum Gasteiger partial charge on any atom is -0.461 e. The number of nitrogens with zero attached hydrogens (tertiary/aromatic N) is 2. The van der Waals surface area contributed by atoms with E-state index in [2.05, 4.69) is 5.32 Å². The third-order valence-corrected chi connectivity index (χ3v) is 4.11. The molecule has 1 aromatic carbocycles. The molecule has 27 heavy (non-hydrogen) atoms. The van der Waals surface area contributed by atoms with Crippen molar-refractivity contribution in [3.63, 3.8) is 0 Å². The van der Waals surface area contributed by atoms with Gasteiger partial charge in [0.2, 0.25) is 5.91 Å². The average molecular weight is 370 g/mol. The van der Waals surface area contributed by atoms with E-state index in [0.29, 0.717) is 17.0 Å². The molecule has 1 aromatic rings. The highest BCUT2D eigenvalue weighted by Gasteiger charge is 2.36. The number of carbonyl (C=O) groups excluding carboxylic acids is 2. The molecule has 0 bridgehead atoms. The number of dihydropyridines is 1. The number of hydrogen-bond donors (Lipinski definition) is 2. The number of nitro groups is 1. The zero-order valence-electron chi connectivity index (χ0n) is 14.8. The van der Waals surface area contributed by atoms with Crippen molar-refractivity contribution >= 4 is 17.6 Å². The number of primary amides is 1. The first-order valence-electron chi connectivity index (χ1n) is 8.04. The molecule has 1 atom stereocenters. The van der Waals surface area contributed by atoms with Gasteiger partial charge in [-0.2, -0.15) is 5.26 Å². The summed E-state index contributed by atoms with van der Waals surface area (Å²) in [6, 6.07) is 7.52. The molecule has 0 saturated heterocycles. The molecular formula is C18H18N4O5. The molecular weight excluding hydrogens is 352 g/mol. The molecule has 1 aliphatic rings. The topological polar surface area (TPSA) is 148 Å².